The van der Waals surface area contributed by atoms with Gasteiger partial charge in [0.05, 0.1) is 11.4 Å². The van der Waals surface area contributed by atoms with Gasteiger partial charge in [-0.3, -0.25) is 9.59 Å². The highest BCUT2D eigenvalue weighted by atomic mass is 32.1. The van der Waals surface area contributed by atoms with Crippen LogP contribution in [0.4, 0.5) is 0 Å². The fourth-order valence-electron chi connectivity index (χ4n) is 2.57. The largest absolute Gasteiger partial charge is 0.352 e. The van der Waals surface area contributed by atoms with Crippen LogP contribution in [-0.2, 0) is 17.6 Å². The van der Waals surface area contributed by atoms with Gasteiger partial charge in [0.2, 0.25) is 5.91 Å². The van der Waals surface area contributed by atoms with E-state index in [9.17, 15) is 9.59 Å². The van der Waals surface area contributed by atoms with Crippen LogP contribution >= 0.6 is 11.3 Å². The average molecular weight is 292 g/mol. The van der Waals surface area contributed by atoms with Crippen LogP contribution in [0.25, 0.3) is 0 Å². The van der Waals surface area contributed by atoms with Gasteiger partial charge in [0.1, 0.15) is 0 Å². The van der Waals surface area contributed by atoms with E-state index in [0.717, 1.165) is 30.6 Å². The molecule has 1 saturated carbocycles. The van der Waals surface area contributed by atoms with E-state index < -0.39 is 0 Å². The van der Waals surface area contributed by atoms with Crippen LogP contribution in [0, 0.1) is 5.92 Å². The molecule has 4 nitrogen and oxygen atoms in total. The molecule has 1 fully saturated rings. The van der Waals surface area contributed by atoms with Crippen molar-refractivity contribution in [3.05, 3.63) is 21.4 Å². The molecule has 20 heavy (non-hydrogen) atoms. The van der Waals surface area contributed by atoms with Crippen molar-refractivity contribution in [3.63, 3.8) is 0 Å². The second-order valence-corrected chi connectivity index (χ2v) is 7.07. The first-order valence-corrected chi connectivity index (χ1v) is 8.12. The Kier molecular flexibility index (Phi) is 3.78. The van der Waals surface area contributed by atoms with Gasteiger partial charge in [-0.05, 0) is 49.7 Å². The molecule has 0 saturated heterocycles. The summed E-state index contributed by atoms with van der Waals surface area (Å²) in [5, 5.41) is 5.58. The molecule has 2 aliphatic rings. The van der Waals surface area contributed by atoms with Gasteiger partial charge in [-0.2, -0.15) is 0 Å². The predicted molar refractivity (Wildman–Crippen MR) is 79.0 cm³/mol. The molecule has 0 aromatic carbocycles. The van der Waals surface area contributed by atoms with E-state index in [2.05, 4.69) is 17.6 Å². The molecule has 0 unspecified atom stereocenters. The Labute approximate surface area is 122 Å². The molecule has 0 aliphatic heterocycles. The lowest BCUT2D eigenvalue weighted by Gasteiger charge is -2.16. The highest BCUT2D eigenvalue weighted by Crippen LogP contribution is 2.32. The average Bonchev–Trinajstić information content (AvgIpc) is 3.12. The van der Waals surface area contributed by atoms with E-state index in [-0.39, 0.29) is 18.4 Å². The van der Waals surface area contributed by atoms with Gasteiger partial charge in [0.15, 0.2) is 0 Å². The maximum Gasteiger partial charge on any atom is 0.261 e. The summed E-state index contributed by atoms with van der Waals surface area (Å²) in [4.78, 5) is 25.7. The molecule has 2 amide bonds. The van der Waals surface area contributed by atoms with Crippen molar-refractivity contribution < 1.29 is 9.59 Å². The maximum atomic E-state index is 12.1. The first kappa shape index (κ1) is 13.6. The summed E-state index contributed by atoms with van der Waals surface area (Å²) in [7, 11) is 0. The number of aryl methyl sites for hydroxylation is 1. The first-order chi connectivity index (χ1) is 9.61. The molecule has 1 aromatic rings. The highest BCUT2D eigenvalue weighted by Gasteiger charge is 2.24. The number of amides is 2. The SMILES string of the molecule is C[C@@H]1CCc2sc(C(=O)NCC(=O)NC3CC3)cc2C1. The van der Waals surface area contributed by atoms with Crippen LogP contribution in [0.1, 0.15) is 46.3 Å². The van der Waals surface area contributed by atoms with Crippen molar-refractivity contribution in [1.29, 1.82) is 0 Å². The van der Waals surface area contributed by atoms with Crippen LogP contribution < -0.4 is 10.6 Å². The minimum absolute atomic E-state index is 0.0777. The summed E-state index contributed by atoms with van der Waals surface area (Å²) in [5.41, 5.74) is 1.32. The van der Waals surface area contributed by atoms with E-state index >= 15 is 0 Å². The van der Waals surface area contributed by atoms with Crippen LogP contribution in [0.3, 0.4) is 0 Å². The van der Waals surface area contributed by atoms with Crippen molar-refractivity contribution in [2.24, 2.45) is 5.92 Å². The van der Waals surface area contributed by atoms with Gasteiger partial charge < -0.3 is 10.6 Å². The predicted octanol–water partition coefficient (Wildman–Crippen LogP) is 1.88. The number of nitrogens with one attached hydrogen (secondary N) is 2. The molecule has 1 atom stereocenters. The van der Waals surface area contributed by atoms with E-state index in [1.165, 1.54) is 16.9 Å². The first-order valence-electron chi connectivity index (χ1n) is 7.31. The van der Waals surface area contributed by atoms with Gasteiger partial charge in [0, 0.05) is 10.9 Å². The number of hydrogen-bond acceptors (Lipinski definition) is 3. The standard InChI is InChI=1S/C15H20N2O2S/c1-9-2-5-12-10(6-9)7-13(20-12)15(19)16-8-14(18)17-11-3-4-11/h7,9,11H,2-6,8H2,1H3,(H,16,19)(H,17,18)/t9-/m1/s1. The summed E-state index contributed by atoms with van der Waals surface area (Å²) >= 11 is 1.58. The Morgan fingerprint density at radius 2 is 2.15 bits per heavy atom. The summed E-state index contributed by atoms with van der Waals surface area (Å²) < 4.78 is 0. The summed E-state index contributed by atoms with van der Waals surface area (Å²) in [6.07, 6.45) is 5.49. The Morgan fingerprint density at radius 3 is 2.90 bits per heavy atom. The van der Waals surface area contributed by atoms with E-state index in [1.807, 2.05) is 6.07 Å². The smallest absolute Gasteiger partial charge is 0.261 e. The molecule has 108 valence electrons. The quantitative estimate of drug-likeness (QED) is 0.890. The Bertz CT molecular complexity index is 534. The number of carbonyl (C=O) groups excluding carboxylic acids is 2. The van der Waals surface area contributed by atoms with Crippen LogP contribution in [0.15, 0.2) is 6.07 Å². The minimum atomic E-state index is -0.122. The number of fused-ring (bicyclic) bond motifs is 1. The second-order valence-electron chi connectivity index (χ2n) is 5.93. The third-order valence-corrected chi connectivity index (χ3v) is 5.14. The summed E-state index contributed by atoms with van der Waals surface area (Å²) in [6, 6.07) is 2.35. The van der Waals surface area contributed by atoms with Crippen molar-refractivity contribution in [3.8, 4) is 0 Å². The molecular formula is C15H20N2O2S. The summed E-state index contributed by atoms with van der Waals surface area (Å²) in [5.74, 6) is 0.496. The molecule has 0 radical (unpaired) electrons. The van der Waals surface area contributed by atoms with Crippen LogP contribution in [-0.4, -0.2) is 24.4 Å². The Balaban J connectivity index is 1.55. The fourth-order valence-corrected chi connectivity index (χ4v) is 3.70. The lowest BCUT2D eigenvalue weighted by Crippen LogP contribution is -2.37. The fraction of sp³-hybridized carbons (Fsp3) is 0.600. The molecule has 1 aromatic heterocycles. The molecule has 1 heterocycles. The number of rotatable bonds is 4. The van der Waals surface area contributed by atoms with Crippen molar-refractivity contribution in [2.75, 3.05) is 6.54 Å². The van der Waals surface area contributed by atoms with Gasteiger partial charge >= 0.3 is 0 Å². The molecule has 5 heteroatoms. The van der Waals surface area contributed by atoms with E-state index in [0.29, 0.717) is 12.0 Å². The molecule has 2 aliphatic carbocycles. The Hall–Kier alpha value is -1.36. The van der Waals surface area contributed by atoms with Gasteiger partial charge in [0.25, 0.3) is 5.91 Å². The highest BCUT2D eigenvalue weighted by molar-refractivity contribution is 7.14. The minimum Gasteiger partial charge on any atom is -0.352 e. The van der Waals surface area contributed by atoms with Crippen molar-refractivity contribution in [1.82, 2.24) is 10.6 Å². The van der Waals surface area contributed by atoms with Gasteiger partial charge in [-0.15, -0.1) is 11.3 Å². The van der Waals surface area contributed by atoms with Gasteiger partial charge in [-0.25, -0.2) is 0 Å². The van der Waals surface area contributed by atoms with Crippen LogP contribution in [0.5, 0.6) is 0 Å². The lowest BCUT2D eigenvalue weighted by atomic mass is 9.90. The van der Waals surface area contributed by atoms with E-state index in [1.54, 1.807) is 11.3 Å². The molecule has 0 bridgehead atoms. The zero-order valence-electron chi connectivity index (χ0n) is 11.7. The summed E-state index contributed by atoms with van der Waals surface area (Å²) in [6.45, 7) is 2.33. The molecule has 0 spiro atoms. The van der Waals surface area contributed by atoms with Crippen molar-refractivity contribution in [2.45, 2.75) is 45.1 Å². The number of thiophene rings is 1. The van der Waals surface area contributed by atoms with E-state index in [4.69, 9.17) is 0 Å². The zero-order valence-corrected chi connectivity index (χ0v) is 12.5. The number of carbonyl (C=O) groups is 2. The van der Waals surface area contributed by atoms with Gasteiger partial charge in [-0.1, -0.05) is 6.92 Å². The topological polar surface area (TPSA) is 58.2 Å². The van der Waals surface area contributed by atoms with Crippen LogP contribution in [0.2, 0.25) is 0 Å². The molecule has 3 rings (SSSR count). The lowest BCUT2D eigenvalue weighted by molar-refractivity contribution is -0.120. The normalized spacial score (nSPS) is 21.1. The zero-order chi connectivity index (χ0) is 14.1. The number of hydrogen-bond donors (Lipinski definition) is 2. The second kappa shape index (κ2) is 5.56. The third-order valence-electron chi connectivity index (χ3n) is 3.90. The van der Waals surface area contributed by atoms with Crippen molar-refractivity contribution >= 4 is 23.2 Å². The monoisotopic (exact) mass is 292 g/mol. The Morgan fingerprint density at radius 1 is 1.35 bits per heavy atom. The molecule has 2 N–H and O–H groups in total. The maximum absolute atomic E-state index is 12.1. The molecular weight excluding hydrogens is 272 g/mol. The third kappa shape index (κ3) is 3.20.